The van der Waals surface area contributed by atoms with Crippen LogP contribution in [0.1, 0.15) is 34.6 Å². The topological polar surface area (TPSA) is 128 Å². The Labute approximate surface area is 182 Å². The Balaban J connectivity index is 1.93. The van der Waals surface area contributed by atoms with Crippen molar-refractivity contribution >= 4 is 45.3 Å². The maximum atomic E-state index is 12.5. The Kier molecular flexibility index (Phi) is 8.11. The number of carbonyl (C=O) groups excluding carboxylic acids is 4. The van der Waals surface area contributed by atoms with Gasteiger partial charge in [0.15, 0.2) is 6.61 Å². The zero-order valence-corrected chi connectivity index (χ0v) is 18.1. The molecule has 9 heteroatoms. The zero-order valence-electron chi connectivity index (χ0n) is 16.5. The maximum absolute atomic E-state index is 12.5. The van der Waals surface area contributed by atoms with Crippen molar-refractivity contribution in [2.24, 2.45) is 11.7 Å². The van der Waals surface area contributed by atoms with Crippen LogP contribution in [0.3, 0.4) is 0 Å². The van der Waals surface area contributed by atoms with Gasteiger partial charge in [-0.1, -0.05) is 26.0 Å². The van der Waals surface area contributed by atoms with Crippen LogP contribution >= 0.6 is 15.9 Å². The van der Waals surface area contributed by atoms with Gasteiger partial charge < -0.3 is 21.1 Å². The first kappa shape index (κ1) is 23.1. The number of esters is 1. The van der Waals surface area contributed by atoms with E-state index in [0.29, 0.717) is 21.3 Å². The average molecular weight is 476 g/mol. The van der Waals surface area contributed by atoms with Crippen molar-refractivity contribution in [2.75, 3.05) is 11.9 Å². The first-order valence-corrected chi connectivity index (χ1v) is 9.90. The number of hydrogen-bond acceptors (Lipinski definition) is 5. The third-order valence-electron chi connectivity index (χ3n) is 4.12. The van der Waals surface area contributed by atoms with Gasteiger partial charge in [0.05, 0.1) is 5.56 Å². The number of carbonyl (C=O) groups is 4. The molecule has 0 spiro atoms. The molecule has 0 aliphatic rings. The SMILES string of the molecule is CC(C)[C@H](NC(=O)c1ccccc1Br)C(=O)OCC(=O)Nc1ccc(C(N)=O)cc1. The third-order valence-corrected chi connectivity index (χ3v) is 4.82. The molecule has 2 rings (SSSR count). The summed E-state index contributed by atoms with van der Waals surface area (Å²) < 4.78 is 5.67. The summed E-state index contributed by atoms with van der Waals surface area (Å²) in [7, 11) is 0. The number of benzene rings is 2. The second kappa shape index (κ2) is 10.5. The van der Waals surface area contributed by atoms with Crippen LogP contribution in [0.4, 0.5) is 5.69 Å². The van der Waals surface area contributed by atoms with Crippen LogP contribution in [0.5, 0.6) is 0 Å². The molecular weight excluding hydrogens is 454 g/mol. The van der Waals surface area contributed by atoms with Gasteiger partial charge in [0, 0.05) is 15.7 Å². The fourth-order valence-electron chi connectivity index (χ4n) is 2.50. The molecule has 8 nitrogen and oxygen atoms in total. The smallest absolute Gasteiger partial charge is 0.329 e. The second-order valence-electron chi connectivity index (χ2n) is 6.77. The van der Waals surface area contributed by atoms with E-state index in [1.54, 1.807) is 38.1 Å². The average Bonchev–Trinajstić information content (AvgIpc) is 2.70. The minimum Gasteiger partial charge on any atom is -0.454 e. The summed E-state index contributed by atoms with van der Waals surface area (Å²) in [5.74, 6) is -2.55. The number of nitrogens with one attached hydrogen (secondary N) is 2. The van der Waals surface area contributed by atoms with E-state index in [0.717, 1.165) is 0 Å². The number of amides is 3. The quantitative estimate of drug-likeness (QED) is 0.505. The highest BCUT2D eigenvalue weighted by molar-refractivity contribution is 9.10. The summed E-state index contributed by atoms with van der Waals surface area (Å²) in [6.07, 6.45) is 0. The number of nitrogens with two attached hydrogens (primary N) is 1. The number of hydrogen-bond donors (Lipinski definition) is 3. The first-order valence-electron chi connectivity index (χ1n) is 9.10. The summed E-state index contributed by atoms with van der Waals surface area (Å²) in [6.45, 7) is 2.99. The van der Waals surface area contributed by atoms with Crippen molar-refractivity contribution in [3.8, 4) is 0 Å². The van der Waals surface area contributed by atoms with Crippen molar-refractivity contribution in [3.63, 3.8) is 0 Å². The molecule has 2 aromatic carbocycles. The van der Waals surface area contributed by atoms with Gasteiger partial charge >= 0.3 is 5.97 Å². The maximum Gasteiger partial charge on any atom is 0.329 e. The van der Waals surface area contributed by atoms with E-state index in [-0.39, 0.29) is 5.92 Å². The minimum atomic E-state index is -0.924. The molecule has 0 bridgehead atoms. The lowest BCUT2D eigenvalue weighted by molar-refractivity contribution is -0.150. The Morgan fingerprint density at radius 1 is 1.03 bits per heavy atom. The monoisotopic (exact) mass is 475 g/mol. The van der Waals surface area contributed by atoms with Gasteiger partial charge in [-0.2, -0.15) is 0 Å². The molecule has 30 heavy (non-hydrogen) atoms. The summed E-state index contributed by atoms with van der Waals surface area (Å²) in [4.78, 5) is 48.0. The Hall–Kier alpha value is -3.20. The van der Waals surface area contributed by atoms with Crippen molar-refractivity contribution < 1.29 is 23.9 Å². The van der Waals surface area contributed by atoms with Crippen LogP contribution in [0.2, 0.25) is 0 Å². The molecule has 0 heterocycles. The number of primary amides is 1. The normalized spacial score (nSPS) is 11.5. The standard InChI is InChI=1S/C21H22BrN3O5/c1-12(2)18(25-20(28)15-5-3-4-6-16(15)22)21(29)30-11-17(26)24-14-9-7-13(8-10-14)19(23)27/h3-10,12,18H,11H2,1-2H3,(H2,23,27)(H,24,26)(H,25,28)/t18-/m0/s1. The van der Waals surface area contributed by atoms with Gasteiger partial charge in [-0.25, -0.2) is 4.79 Å². The van der Waals surface area contributed by atoms with E-state index in [2.05, 4.69) is 26.6 Å². The molecule has 0 saturated carbocycles. The molecule has 0 radical (unpaired) electrons. The van der Waals surface area contributed by atoms with E-state index in [9.17, 15) is 19.2 Å². The minimum absolute atomic E-state index is 0.256. The largest absolute Gasteiger partial charge is 0.454 e. The van der Waals surface area contributed by atoms with Crippen LogP contribution < -0.4 is 16.4 Å². The Bertz CT molecular complexity index is 944. The van der Waals surface area contributed by atoms with Crippen LogP contribution in [0, 0.1) is 5.92 Å². The van der Waals surface area contributed by atoms with Gasteiger partial charge in [-0.3, -0.25) is 14.4 Å². The molecule has 0 unspecified atom stereocenters. The number of ether oxygens (including phenoxy) is 1. The lowest BCUT2D eigenvalue weighted by atomic mass is 10.0. The molecule has 0 aliphatic carbocycles. The highest BCUT2D eigenvalue weighted by atomic mass is 79.9. The summed E-state index contributed by atoms with van der Waals surface area (Å²) in [5, 5.41) is 5.19. The van der Waals surface area contributed by atoms with Gasteiger partial charge in [0.1, 0.15) is 6.04 Å². The molecule has 0 aromatic heterocycles. The molecule has 4 N–H and O–H groups in total. The highest BCUT2D eigenvalue weighted by Gasteiger charge is 2.27. The molecule has 0 fully saturated rings. The van der Waals surface area contributed by atoms with E-state index >= 15 is 0 Å². The van der Waals surface area contributed by atoms with Gasteiger partial charge in [-0.05, 0) is 58.2 Å². The summed E-state index contributed by atoms with van der Waals surface area (Å²) in [5.41, 5.74) is 6.27. The van der Waals surface area contributed by atoms with Crippen LogP contribution in [-0.2, 0) is 14.3 Å². The molecule has 2 aromatic rings. The molecule has 0 saturated heterocycles. The summed E-state index contributed by atoms with van der Waals surface area (Å²) in [6, 6.07) is 11.9. The summed E-state index contributed by atoms with van der Waals surface area (Å²) >= 11 is 3.30. The molecule has 1 atom stereocenters. The van der Waals surface area contributed by atoms with Crippen molar-refractivity contribution in [1.82, 2.24) is 5.32 Å². The molecule has 3 amide bonds. The lowest BCUT2D eigenvalue weighted by Gasteiger charge is -2.21. The number of anilines is 1. The second-order valence-corrected chi connectivity index (χ2v) is 7.63. The van der Waals surface area contributed by atoms with Crippen molar-refractivity contribution in [1.29, 1.82) is 0 Å². The fourth-order valence-corrected chi connectivity index (χ4v) is 2.97. The van der Waals surface area contributed by atoms with E-state index in [1.165, 1.54) is 24.3 Å². The molecule has 158 valence electrons. The van der Waals surface area contributed by atoms with Gasteiger partial charge in [0.25, 0.3) is 11.8 Å². The molecule has 0 aliphatic heterocycles. The number of halogens is 1. The van der Waals surface area contributed by atoms with Gasteiger partial charge in [-0.15, -0.1) is 0 Å². The Morgan fingerprint density at radius 3 is 2.23 bits per heavy atom. The third kappa shape index (κ3) is 6.41. The first-order chi connectivity index (χ1) is 14.2. The van der Waals surface area contributed by atoms with E-state index in [4.69, 9.17) is 10.5 Å². The zero-order chi connectivity index (χ0) is 22.3. The number of rotatable bonds is 8. The lowest BCUT2D eigenvalue weighted by Crippen LogP contribution is -2.46. The van der Waals surface area contributed by atoms with Crippen molar-refractivity contribution in [2.45, 2.75) is 19.9 Å². The van der Waals surface area contributed by atoms with Crippen LogP contribution in [0.15, 0.2) is 53.0 Å². The van der Waals surface area contributed by atoms with Crippen molar-refractivity contribution in [3.05, 3.63) is 64.1 Å². The van der Waals surface area contributed by atoms with E-state index < -0.39 is 36.3 Å². The molecular formula is C21H22BrN3O5. The predicted molar refractivity (Wildman–Crippen MR) is 115 cm³/mol. The fraction of sp³-hybridized carbons (Fsp3) is 0.238. The Morgan fingerprint density at radius 2 is 1.67 bits per heavy atom. The predicted octanol–water partition coefficient (Wildman–Crippen LogP) is 2.48. The van der Waals surface area contributed by atoms with E-state index in [1.807, 2.05) is 0 Å². The highest BCUT2D eigenvalue weighted by Crippen LogP contribution is 2.16. The van der Waals surface area contributed by atoms with Crippen LogP contribution in [-0.4, -0.2) is 36.3 Å². The van der Waals surface area contributed by atoms with Crippen LogP contribution in [0.25, 0.3) is 0 Å². The van der Waals surface area contributed by atoms with Gasteiger partial charge in [0.2, 0.25) is 5.91 Å².